The molecule has 180 valence electrons. The van der Waals surface area contributed by atoms with Crippen LogP contribution in [-0.2, 0) is 0 Å². The van der Waals surface area contributed by atoms with Crippen molar-refractivity contribution in [1.82, 2.24) is 20.9 Å². The van der Waals surface area contributed by atoms with E-state index in [0.717, 1.165) is 24.5 Å². The summed E-state index contributed by atoms with van der Waals surface area (Å²) in [5, 5.41) is 19.1. The summed E-state index contributed by atoms with van der Waals surface area (Å²) in [6.07, 6.45) is 1.31. The maximum absolute atomic E-state index is 14.5. The second-order valence-corrected chi connectivity index (χ2v) is 9.62. The van der Waals surface area contributed by atoms with Crippen LogP contribution in [0, 0.1) is 23.4 Å². The molecule has 2 unspecified atom stereocenters. The Morgan fingerprint density at radius 1 is 1.15 bits per heavy atom. The monoisotopic (exact) mass is 472 g/mol. The Kier molecular flexibility index (Phi) is 5.77. The van der Waals surface area contributed by atoms with E-state index < -0.39 is 23.4 Å². The van der Waals surface area contributed by atoms with Gasteiger partial charge in [0, 0.05) is 18.0 Å². The Labute approximate surface area is 194 Å². The number of carbonyl (C=O) groups is 1. The lowest BCUT2D eigenvalue weighted by Crippen LogP contribution is -2.57. The average molecular weight is 473 g/mol. The number of aromatic amines is 1. The lowest BCUT2D eigenvalue weighted by atomic mass is 9.70. The molecule has 9 heteroatoms. The predicted octanol–water partition coefficient (Wildman–Crippen LogP) is 4.12. The van der Waals surface area contributed by atoms with Gasteiger partial charge in [0.2, 0.25) is 0 Å². The molecule has 1 saturated heterocycles. The van der Waals surface area contributed by atoms with Gasteiger partial charge in [-0.25, -0.2) is 18.0 Å². The van der Waals surface area contributed by atoms with E-state index in [0.29, 0.717) is 36.2 Å². The first-order valence-electron chi connectivity index (χ1n) is 11.5. The molecule has 0 spiro atoms. The van der Waals surface area contributed by atoms with Gasteiger partial charge in [-0.15, -0.1) is 0 Å². The molecule has 2 fully saturated rings. The molecule has 1 aliphatic heterocycles. The summed E-state index contributed by atoms with van der Waals surface area (Å²) in [5.74, 6) is -1.44. The number of carbonyl (C=O) groups excluding carboxylic acids is 1. The highest BCUT2D eigenvalue weighted by molar-refractivity contribution is 5.92. The summed E-state index contributed by atoms with van der Waals surface area (Å²) < 4.78 is 42.0. The van der Waals surface area contributed by atoms with E-state index in [1.165, 1.54) is 18.2 Å². The van der Waals surface area contributed by atoms with Crippen LogP contribution in [0.5, 0.6) is 0 Å². The zero-order valence-electron chi connectivity index (χ0n) is 18.7. The fourth-order valence-corrected chi connectivity index (χ4v) is 5.15. The Bertz CT molecular complexity index is 1220. The zero-order valence-corrected chi connectivity index (χ0v) is 18.7. The van der Waals surface area contributed by atoms with E-state index >= 15 is 0 Å². The molecule has 1 aromatic heterocycles. The lowest BCUT2D eigenvalue weighted by Gasteiger charge is -2.37. The molecule has 3 aromatic rings. The summed E-state index contributed by atoms with van der Waals surface area (Å²) in [4.78, 5) is 15.4. The number of hydrogen-bond acceptors (Lipinski definition) is 3. The quantitative estimate of drug-likeness (QED) is 0.387. The molecule has 0 bridgehead atoms. The summed E-state index contributed by atoms with van der Waals surface area (Å²) in [6, 6.07) is 7.75. The molecule has 6 nitrogen and oxygen atoms in total. The number of fused-ring (bicyclic) bond motifs is 1. The van der Waals surface area contributed by atoms with Gasteiger partial charge in [0.25, 0.3) is 0 Å². The number of benzene rings is 2. The number of rotatable bonds is 5. The largest absolute Gasteiger partial charge is 0.376 e. The highest BCUT2D eigenvalue weighted by Crippen LogP contribution is 2.48. The minimum absolute atomic E-state index is 0.0447. The second kappa shape index (κ2) is 8.63. The van der Waals surface area contributed by atoms with Crippen molar-refractivity contribution in [3.8, 4) is 11.3 Å². The SMILES string of the molecule is CC1(NC(=O)NCC2CC(c3c(-c4ccc(F)cc4)[nH]c4c(F)cc(F)cc34)C2)CCNC1O. The number of aliphatic hydroxyl groups excluding tert-OH is 1. The van der Waals surface area contributed by atoms with Crippen LogP contribution < -0.4 is 16.0 Å². The van der Waals surface area contributed by atoms with Crippen molar-refractivity contribution >= 4 is 16.9 Å². The summed E-state index contributed by atoms with van der Waals surface area (Å²) in [7, 11) is 0. The number of aromatic nitrogens is 1. The van der Waals surface area contributed by atoms with Gasteiger partial charge in [-0.2, -0.15) is 0 Å². The van der Waals surface area contributed by atoms with Crippen LogP contribution in [0.25, 0.3) is 22.2 Å². The smallest absolute Gasteiger partial charge is 0.315 e. The Morgan fingerprint density at radius 2 is 1.88 bits per heavy atom. The molecule has 5 N–H and O–H groups in total. The summed E-state index contributed by atoms with van der Waals surface area (Å²) in [5.41, 5.74) is 1.69. The Morgan fingerprint density at radius 3 is 2.56 bits per heavy atom. The number of H-pyrrole nitrogens is 1. The number of halogens is 3. The van der Waals surface area contributed by atoms with E-state index in [-0.39, 0.29) is 29.2 Å². The highest BCUT2D eigenvalue weighted by Gasteiger charge is 2.39. The maximum atomic E-state index is 14.5. The zero-order chi connectivity index (χ0) is 24.0. The first-order valence-corrected chi connectivity index (χ1v) is 11.5. The normalized spacial score (nSPS) is 26.4. The fraction of sp³-hybridized carbons (Fsp3) is 0.400. The van der Waals surface area contributed by atoms with Gasteiger partial charge in [0.05, 0.1) is 16.7 Å². The Hall–Kier alpha value is -3.04. The van der Waals surface area contributed by atoms with E-state index in [9.17, 15) is 23.1 Å². The number of nitrogens with one attached hydrogen (secondary N) is 4. The molecule has 2 aliphatic rings. The Balaban J connectivity index is 1.31. The van der Waals surface area contributed by atoms with Gasteiger partial charge in [-0.1, -0.05) is 0 Å². The standard InChI is InChI=1S/C25H27F3N4O2/c1-25(6-7-29-23(25)33)32-24(34)30-12-13-8-15(9-13)20-18-10-17(27)11-19(28)22(18)31-21(20)14-2-4-16(26)5-3-14/h2-5,10-11,13,15,23,29,31,33H,6-9,12H2,1H3,(H2,30,32,34). The van der Waals surface area contributed by atoms with Gasteiger partial charge < -0.3 is 20.7 Å². The number of aliphatic hydroxyl groups is 1. The fourth-order valence-electron chi connectivity index (χ4n) is 5.15. The molecule has 0 radical (unpaired) electrons. The molecule has 5 rings (SSSR count). The molecule has 2 atom stereocenters. The number of amides is 2. The van der Waals surface area contributed by atoms with Crippen molar-refractivity contribution in [2.45, 2.75) is 43.9 Å². The number of urea groups is 1. The van der Waals surface area contributed by atoms with E-state index in [1.54, 1.807) is 19.1 Å². The maximum Gasteiger partial charge on any atom is 0.315 e. The summed E-state index contributed by atoms with van der Waals surface area (Å²) >= 11 is 0. The van der Waals surface area contributed by atoms with Crippen LogP contribution in [0.3, 0.4) is 0 Å². The van der Waals surface area contributed by atoms with Crippen LogP contribution in [0.2, 0.25) is 0 Å². The molecule has 34 heavy (non-hydrogen) atoms. The van der Waals surface area contributed by atoms with Crippen molar-refractivity contribution in [2.75, 3.05) is 13.1 Å². The third kappa shape index (κ3) is 4.14. The van der Waals surface area contributed by atoms with Crippen molar-refractivity contribution in [1.29, 1.82) is 0 Å². The lowest BCUT2D eigenvalue weighted by molar-refractivity contribution is 0.0833. The van der Waals surface area contributed by atoms with E-state index in [4.69, 9.17) is 0 Å². The van der Waals surface area contributed by atoms with Crippen molar-refractivity contribution < 1.29 is 23.1 Å². The van der Waals surface area contributed by atoms with E-state index in [2.05, 4.69) is 20.9 Å². The van der Waals surface area contributed by atoms with Gasteiger partial charge >= 0.3 is 6.03 Å². The van der Waals surface area contributed by atoms with Crippen LogP contribution in [0.15, 0.2) is 36.4 Å². The van der Waals surface area contributed by atoms with E-state index in [1.807, 2.05) is 0 Å². The molecule has 2 aromatic carbocycles. The van der Waals surface area contributed by atoms with Crippen LogP contribution in [-0.4, -0.2) is 41.0 Å². The van der Waals surface area contributed by atoms with Gasteiger partial charge in [0.1, 0.15) is 23.7 Å². The highest BCUT2D eigenvalue weighted by atomic mass is 19.1. The summed E-state index contributed by atoms with van der Waals surface area (Å²) in [6.45, 7) is 2.88. The van der Waals surface area contributed by atoms with Crippen molar-refractivity contribution in [2.24, 2.45) is 5.92 Å². The first kappa shape index (κ1) is 22.7. The van der Waals surface area contributed by atoms with Gasteiger partial charge in [-0.3, -0.25) is 5.32 Å². The average Bonchev–Trinajstić information content (AvgIpc) is 3.28. The molecule has 1 aliphatic carbocycles. The molecular formula is C25H27F3N4O2. The van der Waals surface area contributed by atoms with Crippen molar-refractivity contribution in [3.05, 3.63) is 59.4 Å². The number of hydrogen-bond donors (Lipinski definition) is 5. The van der Waals surface area contributed by atoms with Gasteiger partial charge in [-0.05, 0) is 86.0 Å². The van der Waals surface area contributed by atoms with Gasteiger partial charge in [0.15, 0.2) is 0 Å². The van der Waals surface area contributed by atoms with Crippen LogP contribution >= 0.6 is 0 Å². The first-order chi connectivity index (χ1) is 16.2. The third-order valence-corrected chi connectivity index (χ3v) is 7.18. The van der Waals surface area contributed by atoms with Crippen LogP contribution in [0.4, 0.5) is 18.0 Å². The molecule has 2 heterocycles. The molecule has 1 saturated carbocycles. The van der Waals surface area contributed by atoms with Crippen LogP contribution in [0.1, 0.15) is 37.7 Å². The topological polar surface area (TPSA) is 89.2 Å². The molecular weight excluding hydrogens is 445 g/mol. The predicted molar refractivity (Wildman–Crippen MR) is 123 cm³/mol. The molecule has 2 amide bonds. The third-order valence-electron chi connectivity index (χ3n) is 7.18. The minimum Gasteiger partial charge on any atom is -0.376 e. The second-order valence-electron chi connectivity index (χ2n) is 9.62. The van der Waals surface area contributed by atoms with Crippen molar-refractivity contribution in [3.63, 3.8) is 0 Å². The minimum atomic E-state index is -0.793.